The summed E-state index contributed by atoms with van der Waals surface area (Å²) in [5.74, 6) is 0. The van der Waals surface area contributed by atoms with Gasteiger partial charge in [-0.25, -0.2) is 0 Å². The standard InChI is InChI=1S/C14H20F3N/c1-3-4-12-5-7-13(8-6-12)11(2)18-10-9-14(15,16)17/h5-8,11,18H,3-4,9-10H2,1-2H3. The molecular weight excluding hydrogens is 239 g/mol. The molecule has 1 aromatic rings. The summed E-state index contributed by atoms with van der Waals surface area (Å²) in [5.41, 5.74) is 2.29. The molecule has 0 heterocycles. The lowest BCUT2D eigenvalue weighted by molar-refractivity contribution is -0.133. The Morgan fingerprint density at radius 1 is 1.17 bits per heavy atom. The Hall–Kier alpha value is -1.03. The van der Waals surface area contributed by atoms with E-state index in [9.17, 15) is 13.2 Å². The number of hydrogen-bond acceptors (Lipinski definition) is 1. The van der Waals surface area contributed by atoms with E-state index in [4.69, 9.17) is 0 Å². The summed E-state index contributed by atoms with van der Waals surface area (Å²) in [5, 5.41) is 2.89. The second kappa shape index (κ2) is 6.78. The van der Waals surface area contributed by atoms with Gasteiger partial charge < -0.3 is 5.32 Å². The first kappa shape index (κ1) is 15.0. The molecule has 0 aromatic heterocycles. The van der Waals surface area contributed by atoms with Crippen molar-refractivity contribution in [3.05, 3.63) is 35.4 Å². The van der Waals surface area contributed by atoms with E-state index in [2.05, 4.69) is 12.2 Å². The molecule has 1 rings (SSSR count). The Labute approximate surface area is 106 Å². The van der Waals surface area contributed by atoms with Gasteiger partial charge in [-0.15, -0.1) is 0 Å². The molecule has 18 heavy (non-hydrogen) atoms. The average Bonchev–Trinajstić information content (AvgIpc) is 2.28. The van der Waals surface area contributed by atoms with Crippen molar-refractivity contribution in [2.45, 2.75) is 45.3 Å². The van der Waals surface area contributed by atoms with Gasteiger partial charge in [0.2, 0.25) is 0 Å². The van der Waals surface area contributed by atoms with Crippen LogP contribution >= 0.6 is 0 Å². The molecule has 0 aliphatic heterocycles. The molecule has 0 fully saturated rings. The van der Waals surface area contributed by atoms with Crippen molar-refractivity contribution >= 4 is 0 Å². The van der Waals surface area contributed by atoms with Crippen molar-refractivity contribution in [2.75, 3.05) is 6.54 Å². The van der Waals surface area contributed by atoms with Crippen LogP contribution < -0.4 is 5.32 Å². The predicted octanol–water partition coefficient (Wildman–Crippen LogP) is 4.24. The van der Waals surface area contributed by atoms with E-state index in [0.717, 1.165) is 18.4 Å². The van der Waals surface area contributed by atoms with Gasteiger partial charge in [-0.1, -0.05) is 37.6 Å². The average molecular weight is 259 g/mol. The molecule has 1 nitrogen and oxygen atoms in total. The third kappa shape index (κ3) is 5.54. The minimum atomic E-state index is -4.09. The molecule has 0 aliphatic rings. The van der Waals surface area contributed by atoms with Crippen molar-refractivity contribution in [3.8, 4) is 0 Å². The Morgan fingerprint density at radius 3 is 2.28 bits per heavy atom. The summed E-state index contributed by atoms with van der Waals surface area (Å²) in [4.78, 5) is 0. The van der Waals surface area contributed by atoms with Crippen LogP contribution in [0.3, 0.4) is 0 Å². The zero-order valence-corrected chi connectivity index (χ0v) is 10.8. The van der Waals surface area contributed by atoms with Crippen LogP contribution in [0.15, 0.2) is 24.3 Å². The van der Waals surface area contributed by atoms with Crippen molar-refractivity contribution in [1.82, 2.24) is 5.32 Å². The fraction of sp³-hybridized carbons (Fsp3) is 0.571. The van der Waals surface area contributed by atoms with E-state index in [1.54, 1.807) is 0 Å². The number of hydrogen-bond donors (Lipinski definition) is 1. The first-order valence-electron chi connectivity index (χ1n) is 6.31. The molecule has 0 saturated carbocycles. The highest BCUT2D eigenvalue weighted by molar-refractivity contribution is 5.24. The van der Waals surface area contributed by atoms with Crippen LogP contribution in [0.2, 0.25) is 0 Å². The van der Waals surface area contributed by atoms with E-state index in [-0.39, 0.29) is 12.6 Å². The summed E-state index contributed by atoms with van der Waals surface area (Å²) in [7, 11) is 0. The maximum absolute atomic E-state index is 12.0. The lowest BCUT2D eigenvalue weighted by Crippen LogP contribution is -2.24. The van der Waals surface area contributed by atoms with Crippen LogP contribution in [0.1, 0.15) is 43.9 Å². The third-order valence-corrected chi connectivity index (χ3v) is 2.88. The molecule has 0 bridgehead atoms. The molecule has 0 amide bonds. The highest BCUT2D eigenvalue weighted by Gasteiger charge is 2.26. The maximum Gasteiger partial charge on any atom is 0.390 e. The van der Waals surface area contributed by atoms with Crippen molar-refractivity contribution in [3.63, 3.8) is 0 Å². The minimum Gasteiger partial charge on any atom is -0.310 e. The Bertz CT molecular complexity index is 343. The lowest BCUT2D eigenvalue weighted by atomic mass is 10.0. The first-order valence-corrected chi connectivity index (χ1v) is 6.31. The van der Waals surface area contributed by atoms with Gasteiger partial charge >= 0.3 is 6.18 Å². The molecule has 102 valence electrons. The molecule has 1 aromatic carbocycles. The second-order valence-corrected chi connectivity index (χ2v) is 4.53. The molecule has 0 spiro atoms. The fourth-order valence-corrected chi connectivity index (χ4v) is 1.81. The SMILES string of the molecule is CCCc1ccc(C(C)NCCC(F)(F)F)cc1. The normalized spacial score (nSPS) is 13.6. The maximum atomic E-state index is 12.0. The molecular formula is C14H20F3N. The van der Waals surface area contributed by atoms with Gasteiger partial charge in [-0.2, -0.15) is 13.2 Å². The summed E-state index contributed by atoms with van der Waals surface area (Å²) in [6.07, 6.45) is -2.74. The van der Waals surface area contributed by atoms with Gasteiger partial charge in [0.05, 0.1) is 6.42 Å². The number of aryl methyl sites for hydroxylation is 1. The zero-order valence-electron chi connectivity index (χ0n) is 10.8. The van der Waals surface area contributed by atoms with Crippen molar-refractivity contribution in [2.24, 2.45) is 0 Å². The summed E-state index contributed by atoms with van der Waals surface area (Å²) in [6.45, 7) is 3.96. The summed E-state index contributed by atoms with van der Waals surface area (Å²) < 4.78 is 36.0. The molecule has 1 atom stereocenters. The van der Waals surface area contributed by atoms with Crippen LogP contribution in [0.4, 0.5) is 13.2 Å². The van der Waals surface area contributed by atoms with E-state index in [1.165, 1.54) is 5.56 Å². The molecule has 0 aliphatic carbocycles. The largest absolute Gasteiger partial charge is 0.390 e. The number of benzene rings is 1. The molecule has 4 heteroatoms. The third-order valence-electron chi connectivity index (χ3n) is 2.88. The number of nitrogens with one attached hydrogen (secondary N) is 1. The van der Waals surface area contributed by atoms with Gasteiger partial charge in [0.25, 0.3) is 0 Å². The lowest BCUT2D eigenvalue weighted by Gasteiger charge is -2.15. The highest BCUT2D eigenvalue weighted by atomic mass is 19.4. The second-order valence-electron chi connectivity index (χ2n) is 4.53. The van der Waals surface area contributed by atoms with Crippen molar-refractivity contribution in [1.29, 1.82) is 0 Å². The molecule has 1 N–H and O–H groups in total. The van der Waals surface area contributed by atoms with E-state index in [0.29, 0.717) is 0 Å². The Balaban J connectivity index is 2.43. The molecule has 0 saturated heterocycles. The Morgan fingerprint density at radius 2 is 1.78 bits per heavy atom. The quantitative estimate of drug-likeness (QED) is 0.805. The number of rotatable bonds is 6. The topological polar surface area (TPSA) is 12.0 Å². The van der Waals surface area contributed by atoms with Crippen LogP contribution in [0.25, 0.3) is 0 Å². The summed E-state index contributed by atoms with van der Waals surface area (Å²) in [6, 6.07) is 8.00. The van der Waals surface area contributed by atoms with E-state index >= 15 is 0 Å². The van der Waals surface area contributed by atoms with Crippen LogP contribution in [-0.2, 0) is 6.42 Å². The molecule has 0 radical (unpaired) electrons. The van der Waals surface area contributed by atoms with Crippen LogP contribution in [0, 0.1) is 0 Å². The van der Waals surface area contributed by atoms with Crippen LogP contribution in [-0.4, -0.2) is 12.7 Å². The smallest absolute Gasteiger partial charge is 0.310 e. The minimum absolute atomic E-state index is 0.0403. The van der Waals surface area contributed by atoms with Crippen molar-refractivity contribution < 1.29 is 13.2 Å². The number of halogens is 3. The first-order chi connectivity index (χ1) is 8.42. The van der Waals surface area contributed by atoms with Gasteiger partial charge in [0.1, 0.15) is 0 Å². The monoisotopic (exact) mass is 259 g/mol. The van der Waals surface area contributed by atoms with E-state index in [1.807, 2.05) is 31.2 Å². The van der Waals surface area contributed by atoms with Crippen LogP contribution in [0.5, 0.6) is 0 Å². The van der Waals surface area contributed by atoms with Gasteiger partial charge in [0.15, 0.2) is 0 Å². The summed E-state index contributed by atoms with van der Waals surface area (Å²) >= 11 is 0. The van der Waals surface area contributed by atoms with Gasteiger partial charge in [-0.05, 0) is 24.5 Å². The highest BCUT2D eigenvalue weighted by Crippen LogP contribution is 2.20. The van der Waals surface area contributed by atoms with E-state index < -0.39 is 12.6 Å². The zero-order chi connectivity index (χ0) is 13.6. The molecule has 1 unspecified atom stereocenters. The van der Waals surface area contributed by atoms with Gasteiger partial charge in [0, 0.05) is 12.6 Å². The fourth-order valence-electron chi connectivity index (χ4n) is 1.81. The predicted molar refractivity (Wildman–Crippen MR) is 67.5 cm³/mol. The Kier molecular flexibility index (Phi) is 5.66. The number of alkyl halides is 3. The van der Waals surface area contributed by atoms with Gasteiger partial charge in [-0.3, -0.25) is 0 Å².